The lowest BCUT2D eigenvalue weighted by Crippen LogP contribution is -2.19. The number of hydrazone groups is 1. The van der Waals surface area contributed by atoms with E-state index in [4.69, 9.17) is 11.6 Å². The number of hydrogen-bond acceptors (Lipinski definition) is 3. The molecule has 0 saturated heterocycles. The molecule has 3 rings (SSSR count). The van der Waals surface area contributed by atoms with Crippen molar-refractivity contribution in [1.82, 2.24) is 5.43 Å². The first-order valence-electron chi connectivity index (χ1n) is 8.60. The third-order valence-electron chi connectivity index (χ3n) is 4.04. The van der Waals surface area contributed by atoms with Crippen molar-refractivity contribution in [3.8, 4) is 0 Å². The van der Waals surface area contributed by atoms with Crippen LogP contribution >= 0.6 is 11.6 Å². The summed E-state index contributed by atoms with van der Waals surface area (Å²) in [6.07, 6.45) is 0. The second-order valence-corrected chi connectivity index (χ2v) is 6.42. The van der Waals surface area contributed by atoms with Crippen molar-refractivity contribution in [2.45, 2.75) is 6.92 Å². The number of anilines is 1. The molecule has 0 spiro atoms. The first kappa shape index (κ1) is 19.3. The lowest BCUT2D eigenvalue weighted by atomic mass is 10.1. The van der Waals surface area contributed by atoms with Crippen LogP contribution in [0, 0.1) is 0 Å². The van der Waals surface area contributed by atoms with Crippen molar-refractivity contribution in [3.63, 3.8) is 0 Å². The van der Waals surface area contributed by atoms with Crippen LogP contribution in [0.15, 0.2) is 84.0 Å². The summed E-state index contributed by atoms with van der Waals surface area (Å²) in [7, 11) is 0. The molecule has 3 aromatic rings. The van der Waals surface area contributed by atoms with Gasteiger partial charge in [0.2, 0.25) is 0 Å². The number of benzene rings is 3. The number of nitrogens with zero attached hydrogens (tertiary/aromatic N) is 1. The number of nitrogens with one attached hydrogen (secondary N) is 2. The predicted molar refractivity (Wildman–Crippen MR) is 112 cm³/mol. The minimum Gasteiger partial charge on any atom is -0.322 e. The molecule has 0 fully saturated rings. The highest BCUT2D eigenvalue weighted by molar-refractivity contribution is 6.34. The third kappa shape index (κ3) is 4.84. The molecule has 0 atom stereocenters. The predicted octanol–water partition coefficient (Wildman–Crippen LogP) is 4.75. The van der Waals surface area contributed by atoms with Gasteiger partial charge < -0.3 is 5.32 Å². The molecule has 0 aliphatic carbocycles. The summed E-state index contributed by atoms with van der Waals surface area (Å²) in [6.45, 7) is 1.79. The molecule has 0 aliphatic heterocycles. The molecule has 28 heavy (non-hydrogen) atoms. The molecule has 140 valence electrons. The maximum Gasteiger partial charge on any atom is 0.271 e. The highest BCUT2D eigenvalue weighted by atomic mass is 35.5. The van der Waals surface area contributed by atoms with Gasteiger partial charge in [0, 0.05) is 11.3 Å². The van der Waals surface area contributed by atoms with Gasteiger partial charge in [-0.2, -0.15) is 5.10 Å². The fourth-order valence-corrected chi connectivity index (χ4v) is 2.71. The largest absolute Gasteiger partial charge is 0.322 e. The van der Waals surface area contributed by atoms with Crippen LogP contribution in [0.1, 0.15) is 33.2 Å². The van der Waals surface area contributed by atoms with Gasteiger partial charge in [0.15, 0.2) is 0 Å². The van der Waals surface area contributed by atoms with Gasteiger partial charge in [0.05, 0.1) is 16.3 Å². The second kappa shape index (κ2) is 8.97. The molecule has 3 aromatic carbocycles. The molecule has 6 heteroatoms. The topological polar surface area (TPSA) is 70.6 Å². The first-order valence-corrected chi connectivity index (χ1v) is 8.98. The fourth-order valence-electron chi connectivity index (χ4n) is 2.49. The van der Waals surface area contributed by atoms with Crippen LogP contribution in [-0.2, 0) is 0 Å². The van der Waals surface area contributed by atoms with Gasteiger partial charge in [-0.3, -0.25) is 9.59 Å². The molecule has 5 nitrogen and oxygen atoms in total. The van der Waals surface area contributed by atoms with Gasteiger partial charge >= 0.3 is 0 Å². The van der Waals surface area contributed by atoms with Crippen LogP contribution < -0.4 is 10.7 Å². The molecular formula is C22H18ClN3O2. The number of hydrogen-bond donors (Lipinski definition) is 2. The summed E-state index contributed by atoms with van der Waals surface area (Å²) >= 11 is 6.05. The summed E-state index contributed by atoms with van der Waals surface area (Å²) in [5.74, 6) is -0.553. The van der Waals surface area contributed by atoms with E-state index in [-0.39, 0.29) is 11.8 Å². The van der Waals surface area contributed by atoms with Crippen LogP contribution in [0.25, 0.3) is 0 Å². The van der Waals surface area contributed by atoms with Crippen LogP contribution in [0.3, 0.4) is 0 Å². The molecule has 0 bridgehead atoms. The summed E-state index contributed by atoms with van der Waals surface area (Å²) < 4.78 is 0. The minimum absolute atomic E-state index is 0.274. The van der Waals surface area contributed by atoms with E-state index in [0.717, 1.165) is 5.56 Å². The van der Waals surface area contributed by atoms with E-state index >= 15 is 0 Å². The molecule has 0 heterocycles. The van der Waals surface area contributed by atoms with E-state index in [0.29, 0.717) is 27.5 Å². The van der Waals surface area contributed by atoms with E-state index in [1.165, 1.54) is 0 Å². The normalized spacial score (nSPS) is 11.0. The van der Waals surface area contributed by atoms with Crippen molar-refractivity contribution < 1.29 is 9.59 Å². The number of halogens is 1. The zero-order valence-corrected chi connectivity index (χ0v) is 15.9. The summed E-state index contributed by atoms with van der Waals surface area (Å²) in [5.41, 5.74) is 5.59. The Bertz CT molecular complexity index is 1020. The Morgan fingerprint density at radius 2 is 1.43 bits per heavy atom. The number of amides is 2. The van der Waals surface area contributed by atoms with Crippen LogP contribution in [0.4, 0.5) is 5.69 Å². The van der Waals surface area contributed by atoms with E-state index in [1.54, 1.807) is 67.6 Å². The van der Waals surface area contributed by atoms with Gasteiger partial charge in [0.1, 0.15) is 0 Å². The quantitative estimate of drug-likeness (QED) is 0.487. The average molecular weight is 392 g/mol. The highest BCUT2D eigenvalue weighted by Gasteiger charge is 2.10. The van der Waals surface area contributed by atoms with E-state index in [2.05, 4.69) is 15.8 Å². The standard InChI is InChI=1S/C22H18ClN3O2/c1-15(25-26-21(27)17-7-3-2-4-8-17)16-11-13-18(14-12-16)24-22(28)19-9-5-6-10-20(19)23/h2-14H,1H3,(H,24,28)(H,26,27)/b25-15-. The molecule has 0 aromatic heterocycles. The molecule has 0 saturated carbocycles. The molecule has 2 amide bonds. The molecule has 2 N–H and O–H groups in total. The number of carbonyl (C=O) groups is 2. The Balaban J connectivity index is 1.64. The number of carbonyl (C=O) groups excluding carboxylic acids is 2. The van der Waals surface area contributed by atoms with Crippen molar-refractivity contribution in [2.24, 2.45) is 5.10 Å². The SMILES string of the molecule is C/C(=N/NC(=O)c1ccccc1)c1ccc(NC(=O)c2ccccc2Cl)cc1. The zero-order chi connectivity index (χ0) is 19.9. The Kier molecular flexibility index (Phi) is 6.19. The van der Waals surface area contributed by atoms with Gasteiger partial charge in [-0.05, 0) is 48.9 Å². The lowest BCUT2D eigenvalue weighted by Gasteiger charge is -2.08. The van der Waals surface area contributed by atoms with Gasteiger partial charge in [-0.25, -0.2) is 5.43 Å². The second-order valence-electron chi connectivity index (χ2n) is 6.02. The maximum absolute atomic E-state index is 12.3. The minimum atomic E-state index is -0.279. The van der Waals surface area contributed by atoms with Crippen molar-refractivity contribution >= 4 is 34.8 Å². The van der Waals surface area contributed by atoms with Gasteiger partial charge in [-0.1, -0.05) is 54.1 Å². The van der Waals surface area contributed by atoms with Gasteiger partial charge in [0.25, 0.3) is 11.8 Å². The van der Waals surface area contributed by atoms with Crippen molar-refractivity contribution in [1.29, 1.82) is 0 Å². The number of rotatable bonds is 5. The molecule has 0 aliphatic rings. The first-order chi connectivity index (χ1) is 13.5. The molecule has 0 radical (unpaired) electrons. The highest BCUT2D eigenvalue weighted by Crippen LogP contribution is 2.17. The lowest BCUT2D eigenvalue weighted by molar-refractivity contribution is 0.0954. The maximum atomic E-state index is 12.3. The third-order valence-corrected chi connectivity index (χ3v) is 4.37. The summed E-state index contributed by atoms with van der Waals surface area (Å²) in [6, 6.07) is 22.9. The zero-order valence-electron chi connectivity index (χ0n) is 15.1. The Morgan fingerprint density at radius 3 is 2.11 bits per heavy atom. The van der Waals surface area contributed by atoms with Crippen LogP contribution in [-0.4, -0.2) is 17.5 Å². The van der Waals surface area contributed by atoms with Crippen molar-refractivity contribution in [3.05, 3.63) is 101 Å². The smallest absolute Gasteiger partial charge is 0.271 e. The van der Waals surface area contributed by atoms with Crippen molar-refractivity contribution in [2.75, 3.05) is 5.32 Å². The fraction of sp³-hybridized carbons (Fsp3) is 0.0455. The van der Waals surface area contributed by atoms with Gasteiger partial charge in [-0.15, -0.1) is 0 Å². The molecular weight excluding hydrogens is 374 g/mol. The molecule has 0 unspecified atom stereocenters. The Morgan fingerprint density at radius 1 is 0.786 bits per heavy atom. The average Bonchev–Trinajstić information content (AvgIpc) is 2.73. The van der Waals surface area contributed by atoms with E-state index < -0.39 is 0 Å². The Hall–Kier alpha value is -3.44. The van der Waals surface area contributed by atoms with E-state index in [1.807, 2.05) is 18.2 Å². The Labute approximate surface area is 168 Å². The summed E-state index contributed by atoms with van der Waals surface area (Å²) in [4.78, 5) is 24.3. The summed E-state index contributed by atoms with van der Waals surface area (Å²) in [5, 5.41) is 7.33. The monoisotopic (exact) mass is 391 g/mol. The van der Waals surface area contributed by atoms with Crippen LogP contribution in [0.5, 0.6) is 0 Å². The van der Waals surface area contributed by atoms with E-state index in [9.17, 15) is 9.59 Å². The van der Waals surface area contributed by atoms with Crippen LogP contribution in [0.2, 0.25) is 5.02 Å².